The molecule has 0 aromatic heterocycles. The van der Waals surface area contributed by atoms with Gasteiger partial charge in [0.25, 0.3) is 0 Å². The van der Waals surface area contributed by atoms with Crippen molar-refractivity contribution in [1.82, 2.24) is 0 Å². The fourth-order valence-corrected chi connectivity index (χ4v) is 2.02. The van der Waals surface area contributed by atoms with Crippen LogP contribution in [0.4, 0.5) is 10.5 Å². The average molecular weight is 225 g/mol. The first kappa shape index (κ1) is 9.90. The van der Waals surface area contributed by atoms with Gasteiger partial charge in [0.2, 0.25) is 0 Å². The minimum absolute atomic E-state index is 0.318. The first-order valence-electron chi connectivity index (χ1n) is 5.46. The quantitative estimate of drug-likeness (QED) is 0.808. The molecule has 1 atom stereocenters. The molecule has 1 amide bonds. The summed E-state index contributed by atoms with van der Waals surface area (Å²) in [5.74, 6) is 0. The largest absolute Gasteiger partial charge is 0.436 e. The molecule has 0 saturated heterocycles. The fourth-order valence-electron chi connectivity index (χ4n) is 2.02. The first-order valence-corrected chi connectivity index (χ1v) is 5.46. The van der Waals surface area contributed by atoms with Crippen LogP contribution < -0.4 is 5.32 Å². The Balaban J connectivity index is 2.10. The highest BCUT2D eigenvalue weighted by Gasteiger charge is 2.26. The maximum Gasteiger partial charge on any atom is 0.412 e. The molecule has 2 aromatic rings. The van der Waals surface area contributed by atoms with Crippen molar-refractivity contribution in [3.63, 3.8) is 0 Å². The lowest BCUT2D eigenvalue weighted by atomic mass is 9.99. The van der Waals surface area contributed by atoms with E-state index in [0.717, 1.165) is 16.8 Å². The predicted octanol–water partition coefficient (Wildman–Crippen LogP) is 3.34. The van der Waals surface area contributed by atoms with Crippen LogP contribution in [0.15, 0.2) is 54.6 Å². The van der Waals surface area contributed by atoms with Gasteiger partial charge in [-0.25, -0.2) is 4.79 Å². The lowest BCUT2D eigenvalue weighted by Crippen LogP contribution is -2.25. The summed E-state index contributed by atoms with van der Waals surface area (Å²) in [6.07, 6.45) is -0.723. The van der Waals surface area contributed by atoms with Gasteiger partial charge in [-0.15, -0.1) is 0 Å². The Labute approximate surface area is 99.0 Å². The van der Waals surface area contributed by atoms with E-state index in [9.17, 15) is 4.79 Å². The van der Waals surface area contributed by atoms with E-state index in [4.69, 9.17) is 4.74 Å². The Morgan fingerprint density at radius 1 is 0.941 bits per heavy atom. The van der Waals surface area contributed by atoms with Crippen molar-refractivity contribution >= 4 is 11.8 Å². The monoisotopic (exact) mass is 225 g/mol. The van der Waals surface area contributed by atoms with Gasteiger partial charge in [-0.05, 0) is 11.6 Å². The van der Waals surface area contributed by atoms with Crippen molar-refractivity contribution in [1.29, 1.82) is 0 Å². The van der Waals surface area contributed by atoms with Crippen LogP contribution in [0, 0.1) is 0 Å². The zero-order valence-corrected chi connectivity index (χ0v) is 9.09. The second kappa shape index (κ2) is 3.94. The normalized spacial score (nSPS) is 17.9. The highest BCUT2D eigenvalue weighted by Crippen LogP contribution is 2.34. The Bertz CT molecular complexity index is 551. The third kappa shape index (κ3) is 1.76. The second-order valence-electron chi connectivity index (χ2n) is 3.91. The predicted molar refractivity (Wildman–Crippen MR) is 64.8 cm³/mol. The minimum atomic E-state index is -0.405. The lowest BCUT2D eigenvalue weighted by molar-refractivity contribution is 0.126. The van der Waals surface area contributed by atoms with Gasteiger partial charge in [0.05, 0.1) is 5.69 Å². The van der Waals surface area contributed by atoms with E-state index in [1.54, 1.807) is 0 Å². The van der Waals surface area contributed by atoms with E-state index >= 15 is 0 Å². The van der Waals surface area contributed by atoms with E-state index in [1.807, 2.05) is 54.6 Å². The second-order valence-corrected chi connectivity index (χ2v) is 3.91. The number of hydrogen-bond donors (Lipinski definition) is 1. The third-order valence-electron chi connectivity index (χ3n) is 2.81. The first-order chi connectivity index (χ1) is 8.34. The molecule has 0 radical (unpaired) electrons. The number of carbonyl (C=O) groups is 1. The number of rotatable bonds is 1. The molecule has 0 fully saturated rings. The number of nitrogens with one attached hydrogen (secondary N) is 1. The molecule has 3 heteroatoms. The van der Waals surface area contributed by atoms with Crippen molar-refractivity contribution in [2.75, 3.05) is 5.32 Å². The third-order valence-corrected chi connectivity index (χ3v) is 2.81. The summed E-state index contributed by atoms with van der Waals surface area (Å²) in [5.41, 5.74) is 2.78. The Morgan fingerprint density at radius 2 is 1.65 bits per heavy atom. The summed E-state index contributed by atoms with van der Waals surface area (Å²) in [4.78, 5) is 11.5. The van der Waals surface area contributed by atoms with Crippen LogP contribution in [-0.2, 0) is 4.74 Å². The van der Waals surface area contributed by atoms with Crippen molar-refractivity contribution in [3.05, 3.63) is 65.7 Å². The molecule has 1 heterocycles. The molecule has 1 aliphatic rings. The highest BCUT2D eigenvalue weighted by atomic mass is 16.6. The number of hydrogen-bond acceptors (Lipinski definition) is 2. The molecule has 2 aromatic carbocycles. The number of fused-ring (bicyclic) bond motifs is 1. The standard InChI is InChI=1S/C14H11NO2/c16-14-15-12-9-5-4-8-11(12)13(17-14)10-6-2-1-3-7-10/h1-9,13H,(H,15,16)/t13-/m0/s1. The number of benzene rings is 2. The van der Waals surface area contributed by atoms with Gasteiger partial charge in [-0.2, -0.15) is 0 Å². The summed E-state index contributed by atoms with van der Waals surface area (Å²) in [6, 6.07) is 17.4. The van der Waals surface area contributed by atoms with Crippen LogP contribution in [0.5, 0.6) is 0 Å². The van der Waals surface area contributed by atoms with Crippen molar-refractivity contribution in [2.24, 2.45) is 0 Å². The number of ether oxygens (including phenoxy) is 1. The summed E-state index contributed by atoms with van der Waals surface area (Å²) < 4.78 is 5.35. The molecule has 17 heavy (non-hydrogen) atoms. The summed E-state index contributed by atoms with van der Waals surface area (Å²) in [7, 11) is 0. The van der Waals surface area contributed by atoms with Gasteiger partial charge < -0.3 is 4.74 Å². The van der Waals surface area contributed by atoms with Gasteiger partial charge in [0.1, 0.15) is 0 Å². The molecule has 1 N–H and O–H groups in total. The van der Waals surface area contributed by atoms with Crippen LogP contribution in [0.3, 0.4) is 0 Å². The van der Waals surface area contributed by atoms with Gasteiger partial charge >= 0.3 is 6.09 Å². The van der Waals surface area contributed by atoms with Gasteiger partial charge in [-0.1, -0.05) is 48.5 Å². The van der Waals surface area contributed by atoms with Crippen molar-refractivity contribution in [2.45, 2.75) is 6.10 Å². The Hall–Kier alpha value is -2.29. The lowest BCUT2D eigenvalue weighted by Gasteiger charge is -2.26. The van der Waals surface area contributed by atoms with E-state index in [2.05, 4.69) is 5.32 Å². The molecule has 84 valence electrons. The summed E-state index contributed by atoms with van der Waals surface area (Å²) >= 11 is 0. The van der Waals surface area contributed by atoms with E-state index in [-0.39, 0.29) is 6.10 Å². The maximum absolute atomic E-state index is 11.5. The molecular weight excluding hydrogens is 214 g/mol. The van der Waals surface area contributed by atoms with Gasteiger partial charge in [0, 0.05) is 5.56 Å². The molecule has 0 saturated carbocycles. The number of amides is 1. The molecule has 3 rings (SSSR count). The van der Waals surface area contributed by atoms with Crippen LogP contribution in [0.2, 0.25) is 0 Å². The van der Waals surface area contributed by atoms with Crippen molar-refractivity contribution in [3.8, 4) is 0 Å². The zero-order chi connectivity index (χ0) is 11.7. The van der Waals surface area contributed by atoms with E-state index in [0.29, 0.717) is 0 Å². The van der Waals surface area contributed by atoms with Gasteiger partial charge in [0.15, 0.2) is 6.10 Å². The van der Waals surface area contributed by atoms with Crippen LogP contribution >= 0.6 is 0 Å². The summed E-state index contributed by atoms with van der Waals surface area (Å²) in [5, 5.41) is 2.70. The Kier molecular flexibility index (Phi) is 2.29. The topological polar surface area (TPSA) is 38.3 Å². The maximum atomic E-state index is 11.5. The Morgan fingerprint density at radius 3 is 2.47 bits per heavy atom. The summed E-state index contributed by atoms with van der Waals surface area (Å²) in [6.45, 7) is 0. The molecule has 1 aliphatic heterocycles. The molecular formula is C14H11NO2. The van der Waals surface area contributed by atoms with Crippen LogP contribution in [0.1, 0.15) is 17.2 Å². The van der Waals surface area contributed by atoms with E-state index in [1.165, 1.54) is 0 Å². The SMILES string of the molecule is O=C1Nc2ccccc2[C@H](c2ccccc2)O1. The number of para-hydroxylation sites is 1. The molecule has 0 aliphatic carbocycles. The van der Waals surface area contributed by atoms with Crippen LogP contribution in [-0.4, -0.2) is 6.09 Å². The van der Waals surface area contributed by atoms with Gasteiger partial charge in [-0.3, -0.25) is 5.32 Å². The average Bonchev–Trinajstić information content (AvgIpc) is 2.39. The minimum Gasteiger partial charge on any atom is -0.436 e. The van der Waals surface area contributed by atoms with Crippen molar-refractivity contribution < 1.29 is 9.53 Å². The number of carbonyl (C=O) groups excluding carboxylic acids is 1. The zero-order valence-electron chi connectivity index (χ0n) is 9.09. The number of anilines is 1. The molecule has 3 nitrogen and oxygen atoms in total. The number of cyclic esters (lactones) is 1. The van der Waals surface area contributed by atoms with Crippen LogP contribution in [0.25, 0.3) is 0 Å². The molecule has 0 bridgehead atoms. The fraction of sp³-hybridized carbons (Fsp3) is 0.0714. The molecule has 0 spiro atoms. The van der Waals surface area contributed by atoms with E-state index < -0.39 is 6.09 Å². The smallest absolute Gasteiger partial charge is 0.412 e. The highest BCUT2D eigenvalue weighted by molar-refractivity contribution is 5.88. The molecule has 0 unspecified atom stereocenters.